The van der Waals surface area contributed by atoms with E-state index < -0.39 is 23.1 Å². The lowest BCUT2D eigenvalue weighted by Gasteiger charge is -2.22. The van der Waals surface area contributed by atoms with E-state index in [4.69, 9.17) is 0 Å². The van der Waals surface area contributed by atoms with Crippen LogP contribution in [0, 0.1) is 5.41 Å². The number of methoxy groups -OCH3 is 1. The van der Waals surface area contributed by atoms with Crippen LogP contribution in [0.5, 0.6) is 0 Å². The Morgan fingerprint density at radius 1 is 1.19 bits per heavy atom. The third-order valence-corrected chi connectivity index (χ3v) is 2.93. The Morgan fingerprint density at radius 3 is 2.19 bits per heavy atom. The third-order valence-electron chi connectivity index (χ3n) is 2.93. The molecular formula is C11H16O5. The first kappa shape index (κ1) is 12.7. The molecule has 0 aromatic rings. The molecule has 0 unspecified atom stereocenters. The quantitative estimate of drug-likeness (QED) is 0.405. The Kier molecular flexibility index (Phi) is 4.04. The number of esters is 2. The van der Waals surface area contributed by atoms with Gasteiger partial charge >= 0.3 is 11.9 Å². The van der Waals surface area contributed by atoms with E-state index in [-0.39, 0.29) is 6.61 Å². The average Bonchev–Trinajstić information content (AvgIpc) is 2.77. The summed E-state index contributed by atoms with van der Waals surface area (Å²) in [6.45, 7) is 1.74. The lowest BCUT2D eigenvalue weighted by molar-refractivity contribution is -0.167. The van der Waals surface area contributed by atoms with Crippen molar-refractivity contribution in [3.8, 4) is 0 Å². The van der Waals surface area contributed by atoms with Crippen LogP contribution in [0.2, 0.25) is 0 Å². The number of ketones is 1. The molecule has 0 aromatic carbocycles. The van der Waals surface area contributed by atoms with Crippen molar-refractivity contribution in [1.29, 1.82) is 0 Å². The van der Waals surface area contributed by atoms with Gasteiger partial charge in [0.25, 0.3) is 5.78 Å². The number of ether oxygens (including phenoxy) is 2. The van der Waals surface area contributed by atoms with Crippen LogP contribution in [0.15, 0.2) is 0 Å². The van der Waals surface area contributed by atoms with E-state index in [1.807, 2.05) is 0 Å². The Balaban J connectivity index is 2.89. The third kappa shape index (κ3) is 2.08. The molecule has 1 aliphatic carbocycles. The highest BCUT2D eigenvalue weighted by molar-refractivity contribution is 6.39. The Bertz CT molecular complexity index is 301. The summed E-state index contributed by atoms with van der Waals surface area (Å²) < 4.78 is 9.26. The minimum Gasteiger partial charge on any atom is -0.468 e. The highest BCUT2D eigenvalue weighted by atomic mass is 16.5. The maximum atomic E-state index is 11.9. The number of Topliss-reactive ketones (excluding diaryl/α,β-unsaturated/α-hetero) is 1. The smallest absolute Gasteiger partial charge is 0.375 e. The summed E-state index contributed by atoms with van der Waals surface area (Å²) in [4.78, 5) is 34.9. The second-order valence-corrected chi connectivity index (χ2v) is 3.83. The van der Waals surface area contributed by atoms with Crippen LogP contribution in [0.3, 0.4) is 0 Å². The van der Waals surface area contributed by atoms with Gasteiger partial charge in [0.1, 0.15) is 5.41 Å². The molecular weight excluding hydrogens is 212 g/mol. The van der Waals surface area contributed by atoms with Crippen LogP contribution < -0.4 is 0 Å². The van der Waals surface area contributed by atoms with Gasteiger partial charge in [0.05, 0.1) is 13.7 Å². The molecule has 16 heavy (non-hydrogen) atoms. The summed E-state index contributed by atoms with van der Waals surface area (Å²) >= 11 is 0. The molecule has 5 nitrogen and oxygen atoms in total. The Morgan fingerprint density at radius 2 is 1.75 bits per heavy atom. The van der Waals surface area contributed by atoms with E-state index in [0.717, 1.165) is 12.8 Å². The van der Waals surface area contributed by atoms with E-state index in [2.05, 4.69) is 9.47 Å². The van der Waals surface area contributed by atoms with Crippen molar-refractivity contribution in [1.82, 2.24) is 0 Å². The van der Waals surface area contributed by atoms with Gasteiger partial charge < -0.3 is 9.47 Å². The van der Waals surface area contributed by atoms with Gasteiger partial charge in [0.2, 0.25) is 0 Å². The highest BCUT2D eigenvalue weighted by Crippen LogP contribution is 2.40. The number of rotatable bonds is 4. The molecule has 0 bridgehead atoms. The molecule has 0 aliphatic heterocycles. The summed E-state index contributed by atoms with van der Waals surface area (Å²) in [7, 11) is 1.22. The maximum absolute atomic E-state index is 11.9. The van der Waals surface area contributed by atoms with Crippen molar-refractivity contribution >= 4 is 17.7 Å². The maximum Gasteiger partial charge on any atom is 0.375 e. The van der Waals surface area contributed by atoms with Crippen molar-refractivity contribution in [2.45, 2.75) is 32.6 Å². The molecule has 0 radical (unpaired) electrons. The molecule has 0 saturated heterocycles. The summed E-state index contributed by atoms with van der Waals surface area (Å²) in [6, 6.07) is 0. The first-order valence-corrected chi connectivity index (χ1v) is 5.38. The molecule has 1 rings (SSSR count). The molecule has 0 N–H and O–H groups in total. The standard InChI is InChI=1S/C11H16O5/c1-3-16-9(13)8(12)11(10(14)15-2)6-4-5-7-11/h3-7H2,1-2H3. The molecule has 90 valence electrons. The van der Waals surface area contributed by atoms with Crippen molar-refractivity contribution in [2.24, 2.45) is 5.41 Å². The monoisotopic (exact) mass is 228 g/mol. The van der Waals surface area contributed by atoms with Crippen molar-refractivity contribution in [3.63, 3.8) is 0 Å². The van der Waals surface area contributed by atoms with Gasteiger partial charge in [-0.05, 0) is 19.8 Å². The zero-order valence-electron chi connectivity index (χ0n) is 9.58. The molecule has 0 heterocycles. The Labute approximate surface area is 94.1 Å². The van der Waals surface area contributed by atoms with Crippen molar-refractivity contribution in [3.05, 3.63) is 0 Å². The predicted octanol–water partition coefficient (Wildman–Crippen LogP) is 0.852. The van der Waals surface area contributed by atoms with Gasteiger partial charge in [-0.1, -0.05) is 12.8 Å². The second-order valence-electron chi connectivity index (χ2n) is 3.83. The van der Waals surface area contributed by atoms with Gasteiger partial charge in [-0.2, -0.15) is 0 Å². The first-order chi connectivity index (χ1) is 7.58. The van der Waals surface area contributed by atoms with Gasteiger partial charge in [-0.15, -0.1) is 0 Å². The van der Waals surface area contributed by atoms with Gasteiger partial charge in [0.15, 0.2) is 0 Å². The van der Waals surface area contributed by atoms with Crippen LogP contribution in [0.25, 0.3) is 0 Å². The molecule has 0 spiro atoms. The Hall–Kier alpha value is -1.39. The summed E-state index contributed by atoms with van der Waals surface area (Å²) in [5, 5.41) is 0. The summed E-state index contributed by atoms with van der Waals surface area (Å²) in [6.07, 6.45) is 2.25. The molecule has 0 amide bonds. The predicted molar refractivity (Wildman–Crippen MR) is 54.6 cm³/mol. The second kappa shape index (κ2) is 5.09. The lowest BCUT2D eigenvalue weighted by Crippen LogP contribution is -2.42. The van der Waals surface area contributed by atoms with Gasteiger partial charge in [0, 0.05) is 0 Å². The van der Waals surface area contributed by atoms with E-state index >= 15 is 0 Å². The minimum absolute atomic E-state index is 0.127. The molecule has 5 heteroatoms. The fourth-order valence-electron chi connectivity index (χ4n) is 2.09. The number of hydrogen-bond donors (Lipinski definition) is 0. The van der Waals surface area contributed by atoms with Crippen LogP contribution in [0.4, 0.5) is 0 Å². The van der Waals surface area contributed by atoms with Crippen molar-refractivity contribution < 1.29 is 23.9 Å². The lowest BCUT2D eigenvalue weighted by atomic mass is 9.81. The van der Waals surface area contributed by atoms with E-state index in [0.29, 0.717) is 12.8 Å². The van der Waals surface area contributed by atoms with Crippen LogP contribution >= 0.6 is 0 Å². The van der Waals surface area contributed by atoms with Gasteiger partial charge in [-0.25, -0.2) is 4.79 Å². The zero-order valence-corrected chi connectivity index (χ0v) is 9.58. The highest BCUT2D eigenvalue weighted by Gasteiger charge is 2.52. The summed E-state index contributed by atoms with van der Waals surface area (Å²) in [5.41, 5.74) is -1.29. The zero-order chi connectivity index (χ0) is 12.2. The average molecular weight is 228 g/mol. The first-order valence-electron chi connectivity index (χ1n) is 5.38. The van der Waals surface area contributed by atoms with Gasteiger partial charge in [-0.3, -0.25) is 9.59 Å². The largest absolute Gasteiger partial charge is 0.468 e. The van der Waals surface area contributed by atoms with Crippen LogP contribution in [-0.4, -0.2) is 31.4 Å². The molecule has 0 aromatic heterocycles. The number of hydrogen-bond acceptors (Lipinski definition) is 5. The molecule has 1 aliphatic rings. The van der Waals surface area contributed by atoms with Crippen LogP contribution in [-0.2, 0) is 23.9 Å². The van der Waals surface area contributed by atoms with Crippen LogP contribution in [0.1, 0.15) is 32.6 Å². The number of carbonyl (C=O) groups excluding carboxylic acids is 3. The van der Waals surface area contributed by atoms with E-state index in [1.165, 1.54) is 7.11 Å². The summed E-state index contributed by atoms with van der Waals surface area (Å²) in [5.74, 6) is -2.32. The molecule has 1 fully saturated rings. The van der Waals surface area contributed by atoms with E-state index in [9.17, 15) is 14.4 Å². The SMILES string of the molecule is CCOC(=O)C(=O)C1(C(=O)OC)CCCC1. The normalized spacial score (nSPS) is 17.9. The van der Waals surface area contributed by atoms with Crippen molar-refractivity contribution in [2.75, 3.05) is 13.7 Å². The number of carbonyl (C=O) groups is 3. The van der Waals surface area contributed by atoms with E-state index in [1.54, 1.807) is 6.92 Å². The topological polar surface area (TPSA) is 69.7 Å². The molecule has 0 atom stereocenters. The minimum atomic E-state index is -1.29. The fourth-order valence-corrected chi connectivity index (χ4v) is 2.09. The molecule has 1 saturated carbocycles. The fraction of sp³-hybridized carbons (Fsp3) is 0.727.